The normalized spacial score (nSPS) is 17.2. The van der Waals surface area contributed by atoms with Crippen molar-refractivity contribution < 1.29 is 37.0 Å². The van der Waals surface area contributed by atoms with Crippen LogP contribution < -0.4 is 4.74 Å². The maximum Gasteiger partial charge on any atom is 0.317 e. The van der Waals surface area contributed by atoms with Crippen LogP contribution in [-0.4, -0.2) is 48.1 Å². The van der Waals surface area contributed by atoms with E-state index < -0.39 is 46.9 Å². The Morgan fingerprint density at radius 3 is 2.56 bits per heavy atom. The molecule has 0 amide bonds. The van der Waals surface area contributed by atoms with E-state index in [0.717, 1.165) is 17.7 Å². The van der Waals surface area contributed by atoms with Gasteiger partial charge in [-0.1, -0.05) is 48.5 Å². The summed E-state index contributed by atoms with van der Waals surface area (Å²) in [6.45, 7) is 0.187. The first-order chi connectivity index (χ1) is 16.1. The summed E-state index contributed by atoms with van der Waals surface area (Å²) in [4.78, 5) is 24.0. The van der Waals surface area contributed by atoms with E-state index in [9.17, 15) is 18.4 Å². The van der Waals surface area contributed by atoms with Crippen molar-refractivity contribution in [2.45, 2.75) is 24.6 Å². The predicted octanol–water partition coefficient (Wildman–Crippen LogP) is 5.01. The summed E-state index contributed by atoms with van der Waals surface area (Å²) in [6.07, 6.45) is -1.34. The number of hydrogen-bond donors (Lipinski definition) is 1. The minimum atomic E-state index is -3.90. The molecule has 0 saturated heterocycles. The summed E-state index contributed by atoms with van der Waals surface area (Å²) in [5, 5.41) is 8.94. The molecule has 34 heavy (non-hydrogen) atoms. The molecular weight excluding hydrogens is 454 g/mol. The third-order valence-corrected chi connectivity index (χ3v) is 5.30. The number of benzene rings is 2. The zero-order valence-electron chi connectivity index (χ0n) is 18.3. The van der Waals surface area contributed by atoms with E-state index in [1.165, 1.54) is 12.1 Å². The van der Waals surface area contributed by atoms with Gasteiger partial charge in [-0.2, -0.15) is 8.78 Å². The Bertz CT molecular complexity index is 1100. The van der Waals surface area contributed by atoms with Crippen molar-refractivity contribution in [1.82, 2.24) is 4.90 Å². The number of ketones is 1. The molecule has 2 aromatic rings. The lowest BCUT2D eigenvalue weighted by atomic mass is 9.93. The molecule has 0 saturated carbocycles. The van der Waals surface area contributed by atoms with Crippen LogP contribution in [0.3, 0.4) is 0 Å². The molecule has 0 aromatic heterocycles. The first-order valence-corrected chi connectivity index (χ1v) is 10.5. The number of ether oxygens (including phenoxy) is 1. The summed E-state index contributed by atoms with van der Waals surface area (Å²) >= 11 is 0. The minimum absolute atomic E-state index is 0.0717. The molecule has 180 valence electrons. The number of carbonyl (C=O) groups excluding carboxylic acids is 1. The number of alkyl halides is 3. The second-order valence-electron chi connectivity index (χ2n) is 7.89. The lowest BCUT2D eigenvalue weighted by Crippen LogP contribution is -2.28. The van der Waals surface area contributed by atoms with E-state index in [4.69, 9.17) is 9.84 Å². The van der Waals surface area contributed by atoms with Crippen molar-refractivity contribution >= 4 is 11.8 Å². The average Bonchev–Trinajstić information content (AvgIpc) is 2.80. The van der Waals surface area contributed by atoms with Gasteiger partial charge < -0.3 is 9.84 Å². The van der Waals surface area contributed by atoms with Gasteiger partial charge in [-0.05, 0) is 30.8 Å². The van der Waals surface area contributed by atoms with Gasteiger partial charge in [0.05, 0.1) is 12.1 Å². The summed E-state index contributed by atoms with van der Waals surface area (Å²) < 4.78 is 63.6. The molecule has 3 rings (SSSR count). The number of likely N-dealkylation sites (N-methyl/N-ethyl adjacent to an activating group) is 1. The molecule has 0 radical (unpaired) electrons. The van der Waals surface area contributed by atoms with Crippen molar-refractivity contribution in [3.8, 4) is 5.75 Å². The minimum Gasteiger partial charge on any atom is -0.486 e. The number of aliphatic carboxylic acids is 1. The second kappa shape index (κ2) is 10.6. The van der Waals surface area contributed by atoms with Crippen LogP contribution in [0.5, 0.6) is 5.75 Å². The van der Waals surface area contributed by atoms with E-state index in [0.29, 0.717) is 25.1 Å². The number of halogens is 4. The van der Waals surface area contributed by atoms with Crippen LogP contribution in [0.25, 0.3) is 0 Å². The molecule has 0 aliphatic heterocycles. The van der Waals surface area contributed by atoms with Crippen LogP contribution in [0.15, 0.2) is 78.1 Å². The third-order valence-electron chi connectivity index (χ3n) is 5.30. The van der Waals surface area contributed by atoms with Crippen molar-refractivity contribution in [2.75, 3.05) is 20.1 Å². The summed E-state index contributed by atoms with van der Waals surface area (Å²) in [6, 6.07) is 13.8. The molecule has 2 atom stereocenters. The molecule has 0 fully saturated rings. The second-order valence-corrected chi connectivity index (χ2v) is 7.89. The predicted molar refractivity (Wildman–Crippen MR) is 117 cm³/mol. The monoisotopic (exact) mass is 477 g/mol. The van der Waals surface area contributed by atoms with Gasteiger partial charge in [0, 0.05) is 18.5 Å². The smallest absolute Gasteiger partial charge is 0.317 e. The van der Waals surface area contributed by atoms with Crippen molar-refractivity contribution in [1.29, 1.82) is 0 Å². The van der Waals surface area contributed by atoms with Crippen LogP contribution in [0.1, 0.15) is 23.7 Å². The molecule has 1 aliphatic carbocycles. The van der Waals surface area contributed by atoms with Gasteiger partial charge in [0.15, 0.2) is 12.0 Å². The van der Waals surface area contributed by atoms with Gasteiger partial charge in [-0.25, -0.2) is 8.78 Å². The quantitative estimate of drug-likeness (QED) is 0.488. The number of hydrogen-bond acceptors (Lipinski definition) is 4. The van der Waals surface area contributed by atoms with Gasteiger partial charge in [0.25, 0.3) is 0 Å². The number of carbonyl (C=O) groups is 2. The zero-order valence-corrected chi connectivity index (χ0v) is 18.3. The fourth-order valence-electron chi connectivity index (χ4n) is 3.53. The van der Waals surface area contributed by atoms with Gasteiger partial charge in [0.2, 0.25) is 5.78 Å². The van der Waals surface area contributed by atoms with Crippen LogP contribution in [0.2, 0.25) is 0 Å². The van der Waals surface area contributed by atoms with E-state index in [1.54, 1.807) is 36.2 Å². The maximum absolute atomic E-state index is 15.1. The summed E-state index contributed by atoms with van der Waals surface area (Å²) in [7, 11) is 1.64. The number of carboxylic acid groups (broad SMARTS) is 1. The number of carboxylic acids is 1. The molecule has 5 nitrogen and oxygen atoms in total. The van der Waals surface area contributed by atoms with Crippen molar-refractivity contribution in [2.24, 2.45) is 0 Å². The van der Waals surface area contributed by atoms with Gasteiger partial charge in [-0.15, -0.1) is 0 Å². The molecule has 0 heterocycles. The lowest BCUT2D eigenvalue weighted by Gasteiger charge is -2.24. The Morgan fingerprint density at radius 2 is 1.88 bits per heavy atom. The Kier molecular flexibility index (Phi) is 7.88. The van der Waals surface area contributed by atoms with Crippen LogP contribution in [0.4, 0.5) is 17.6 Å². The topological polar surface area (TPSA) is 66.8 Å². The van der Waals surface area contributed by atoms with Gasteiger partial charge in [0.1, 0.15) is 11.9 Å². The molecule has 2 aromatic carbocycles. The summed E-state index contributed by atoms with van der Waals surface area (Å²) in [5.74, 6) is -8.26. The SMILES string of the molecule is CN(CCC(Oc1cccc(C(F)(F)C2=C(F)C(=O)C(F)C=C2)c1)c1ccccc1)CC(=O)O. The lowest BCUT2D eigenvalue weighted by molar-refractivity contribution is -0.138. The third kappa shape index (κ3) is 5.91. The molecule has 2 unspecified atom stereocenters. The first kappa shape index (κ1) is 25.2. The van der Waals surface area contributed by atoms with Gasteiger partial charge >= 0.3 is 11.9 Å². The van der Waals surface area contributed by atoms with Crippen LogP contribution >= 0.6 is 0 Å². The van der Waals surface area contributed by atoms with E-state index in [1.807, 2.05) is 6.07 Å². The highest BCUT2D eigenvalue weighted by atomic mass is 19.3. The average molecular weight is 477 g/mol. The number of rotatable bonds is 10. The van der Waals surface area contributed by atoms with E-state index >= 15 is 8.78 Å². The Balaban J connectivity index is 1.85. The first-order valence-electron chi connectivity index (χ1n) is 10.5. The van der Waals surface area contributed by atoms with Crippen molar-refractivity contribution in [3.05, 3.63) is 89.3 Å². The Hall–Kier alpha value is -3.46. The van der Waals surface area contributed by atoms with Crippen LogP contribution in [-0.2, 0) is 15.5 Å². The fourth-order valence-corrected chi connectivity index (χ4v) is 3.53. The molecule has 1 N–H and O–H groups in total. The number of allylic oxidation sites excluding steroid dienone is 4. The highest BCUT2D eigenvalue weighted by molar-refractivity contribution is 6.00. The van der Waals surface area contributed by atoms with Gasteiger partial charge in [-0.3, -0.25) is 14.5 Å². The van der Waals surface area contributed by atoms with Crippen LogP contribution in [0, 0.1) is 0 Å². The maximum atomic E-state index is 15.1. The van der Waals surface area contributed by atoms with Crippen molar-refractivity contribution in [3.63, 3.8) is 0 Å². The highest BCUT2D eigenvalue weighted by Gasteiger charge is 2.42. The number of Topliss-reactive ketones (excluding diaryl/α,β-unsaturated/α-hetero) is 1. The zero-order chi connectivity index (χ0) is 24.9. The molecule has 0 bridgehead atoms. The Morgan fingerprint density at radius 1 is 1.18 bits per heavy atom. The largest absolute Gasteiger partial charge is 0.486 e. The number of nitrogens with zero attached hydrogens (tertiary/aromatic N) is 1. The Labute approximate surface area is 194 Å². The molecule has 1 aliphatic rings. The molecule has 0 spiro atoms. The fraction of sp³-hybridized carbons (Fsp3) is 0.280. The van der Waals surface area contributed by atoms with E-state index in [-0.39, 0.29) is 12.3 Å². The summed E-state index contributed by atoms with van der Waals surface area (Å²) in [5.41, 5.74) is -1.08. The van der Waals surface area contributed by atoms with E-state index in [2.05, 4.69) is 0 Å². The molecule has 9 heteroatoms. The standard InChI is InChI=1S/C25H23F4NO4/c1-30(15-22(31)32)13-12-21(16-6-3-2-4-7-16)34-18-9-5-8-17(14-18)25(28,29)19-10-11-20(26)24(33)23(19)27/h2-11,14,20-21H,12-13,15H2,1H3,(H,31,32). The molecular formula is C25H23F4NO4. The highest BCUT2D eigenvalue weighted by Crippen LogP contribution is 2.42.